The van der Waals surface area contributed by atoms with Gasteiger partial charge in [-0.15, -0.1) is 0 Å². The lowest BCUT2D eigenvalue weighted by atomic mass is 9.90. The number of carbonyl (C=O) groups is 1. The molecule has 0 aliphatic carbocycles. The Balaban J connectivity index is 1.99. The third kappa shape index (κ3) is 3.18. The molecule has 1 heterocycles. The summed E-state index contributed by atoms with van der Waals surface area (Å²) in [4.78, 5) is 14.1. The van der Waals surface area contributed by atoms with E-state index in [1.165, 1.54) is 12.1 Å². The minimum Gasteiger partial charge on any atom is -0.393 e. The predicted octanol–water partition coefficient (Wildman–Crippen LogP) is 2.76. The highest BCUT2D eigenvalue weighted by molar-refractivity contribution is 5.94. The minimum atomic E-state index is -0.286. The number of piperidine rings is 1. The van der Waals surface area contributed by atoms with E-state index in [0.717, 1.165) is 19.3 Å². The largest absolute Gasteiger partial charge is 0.393 e. The summed E-state index contributed by atoms with van der Waals surface area (Å²) in [6.07, 6.45) is 2.16. The summed E-state index contributed by atoms with van der Waals surface area (Å²) in [6, 6.07) is 4.48. The van der Waals surface area contributed by atoms with Crippen molar-refractivity contribution in [2.75, 3.05) is 13.1 Å². The molecule has 1 aromatic rings. The molecule has 1 N–H and O–H groups in total. The van der Waals surface area contributed by atoms with Gasteiger partial charge >= 0.3 is 0 Å². The molecule has 1 unspecified atom stereocenters. The zero-order valence-corrected chi connectivity index (χ0v) is 12.1. The van der Waals surface area contributed by atoms with Crippen LogP contribution in [0.1, 0.15) is 42.1 Å². The fourth-order valence-electron chi connectivity index (χ4n) is 2.78. The van der Waals surface area contributed by atoms with Gasteiger partial charge in [-0.3, -0.25) is 4.79 Å². The zero-order chi connectivity index (χ0) is 14.7. The number of aliphatic hydroxyl groups is 1. The Hall–Kier alpha value is -1.42. The number of hydrogen-bond acceptors (Lipinski definition) is 2. The number of likely N-dealkylation sites (tertiary alicyclic amines) is 1. The minimum absolute atomic E-state index is 0.0439. The maximum Gasteiger partial charge on any atom is 0.253 e. The van der Waals surface area contributed by atoms with E-state index in [4.69, 9.17) is 0 Å². The smallest absolute Gasteiger partial charge is 0.253 e. The third-order valence-electron chi connectivity index (χ3n) is 4.19. The molecule has 1 aliphatic heterocycles. The lowest BCUT2D eigenvalue weighted by Crippen LogP contribution is -2.41. The van der Waals surface area contributed by atoms with Gasteiger partial charge in [0.15, 0.2) is 0 Å². The van der Waals surface area contributed by atoms with E-state index in [9.17, 15) is 14.3 Å². The quantitative estimate of drug-likeness (QED) is 0.924. The summed E-state index contributed by atoms with van der Waals surface area (Å²) < 4.78 is 13.2. The van der Waals surface area contributed by atoms with Gasteiger partial charge in [-0.25, -0.2) is 4.39 Å². The molecule has 2 rings (SSSR count). The Morgan fingerprint density at radius 1 is 1.45 bits per heavy atom. The van der Waals surface area contributed by atoms with Crippen LogP contribution in [-0.2, 0) is 0 Å². The third-order valence-corrected chi connectivity index (χ3v) is 4.19. The highest BCUT2D eigenvalue weighted by atomic mass is 19.1. The first kappa shape index (κ1) is 15.0. The first-order valence-electron chi connectivity index (χ1n) is 7.26. The van der Waals surface area contributed by atoms with E-state index in [-0.39, 0.29) is 17.8 Å². The standard InChI is InChI=1S/C16H22FNO2/c1-3-15(19)12-6-8-18(9-7-12)16(20)13-4-5-14(17)11(2)10-13/h4-5,10,12,15,19H,3,6-9H2,1-2H3. The van der Waals surface area contributed by atoms with Crippen LogP contribution in [0, 0.1) is 18.7 Å². The Morgan fingerprint density at radius 3 is 2.65 bits per heavy atom. The van der Waals surface area contributed by atoms with Crippen LogP contribution in [0.3, 0.4) is 0 Å². The molecule has 1 aliphatic rings. The van der Waals surface area contributed by atoms with Crippen LogP contribution >= 0.6 is 0 Å². The first-order valence-corrected chi connectivity index (χ1v) is 7.26. The fraction of sp³-hybridized carbons (Fsp3) is 0.562. The second-order valence-corrected chi connectivity index (χ2v) is 5.57. The lowest BCUT2D eigenvalue weighted by molar-refractivity contribution is 0.0453. The van der Waals surface area contributed by atoms with Crippen molar-refractivity contribution in [2.24, 2.45) is 5.92 Å². The van der Waals surface area contributed by atoms with Crippen LogP contribution in [-0.4, -0.2) is 35.1 Å². The summed E-state index contributed by atoms with van der Waals surface area (Å²) in [6.45, 7) is 4.97. The molecule has 20 heavy (non-hydrogen) atoms. The summed E-state index contributed by atoms with van der Waals surface area (Å²) in [7, 11) is 0. The van der Waals surface area contributed by atoms with Gasteiger partial charge in [0.2, 0.25) is 0 Å². The molecule has 3 nitrogen and oxygen atoms in total. The summed E-state index contributed by atoms with van der Waals surface area (Å²) >= 11 is 0. The lowest BCUT2D eigenvalue weighted by Gasteiger charge is -2.34. The van der Waals surface area contributed by atoms with Gasteiger partial charge in [-0.2, -0.15) is 0 Å². The number of halogens is 1. The number of aliphatic hydroxyl groups excluding tert-OH is 1. The number of hydrogen-bond donors (Lipinski definition) is 1. The number of nitrogens with zero attached hydrogens (tertiary/aromatic N) is 1. The zero-order valence-electron chi connectivity index (χ0n) is 12.1. The number of benzene rings is 1. The van der Waals surface area contributed by atoms with Gasteiger partial charge < -0.3 is 10.0 Å². The highest BCUT2D eigenvalue weighted by Gasteiger charge is 2.27. The molecule has 0 saturated carbocycles. The van der Waals surface area contributed by atoms with Crippen molar-refractivity contribution >= 4 is 5.91 Å². The summed E-state index contributed by atoms with van der Waals surface area (Å²) in [5.41, 5.74) is 1.03. The molecule has 0 spiro atoms. The van der Waals surface area contributed by atoms with Crippen LogP contribution in [0.4, 0.5) is 4.39 Å². The predicted molar refractivity (Wildman–Crippen MR) is 76.1 cm³/mol. The van der Waals surface area contributed by atoms with Crippen molar-refractivity contribution in [2.45, 2.75) is 39.2 Å². The van der Waals surface area contributed by atoms with E-state index < -0.39 is 0 Å². The van der Waals surface area contributed by atoms with Crippen molar-refractivity contribution in [3.63, 3.8) is 0 Å². The van der Waals surface area contributed by atoms with Crippen LogP contribution in [0.15, 0.2) is 18.2 Å². The van der Waals surface area contributed by atoms with Gasteiger partial charge in [0.25, 0.3) is 5.91 Å². The molecule has 1 aromatic carbocycles. The Kier molecular flexibility index (Phi) is 4.76. The maximum atomic E-state index is 13.2. The van der Waals surface area contributed by atoms with Gasteiger partial charge in [0.1, 0.15) is 5.82 Å². The van der Waals surface area contributed by atoms with Crippen molar-refractivity contribution in [1.82, 2.24) is 4.90 Å². The van der Waals surface area contributed by atoms with Crippen molar-refractivity contribution in [3.05, 3.63) is 35.1 Å². The number of rotatable bonds is 3. The maximum absolute atomic E-state index is 13.2. The Bertz CT molecular complexity index is 481. The molecule has 1 saturated heterocycles. The van der Waals surface area contributed by atoms with E-state index >= 15 is 0 Å². The summed E-state index contributed by atoms with van der Waals surface area (Å²) in [5.74, 6) is -0.0390. The SMILES string of the molecule is CCC(O)C1CCN(C(=O)c2ccc(F)c(C)c2)CC1. The van der Waals surface area contributed by atoms with Gasteiger partial charge in [0.05, 0.1) is 6.10 Å². The average molecular weight is 279 g/mol. The molecular formula is C16H22FNO2. The second kappa shape index (κ2) is 6.35. The Morgan fingerprint density at radius 2 is 2.10 bits per heavy atom. The number of aryl methyl sites for hydroxylation is 1. The molecular weight excluding hydrogens is 257 g/mol. The first-order chi connectivity index (χ1) is 9.52. The number of carbonyl (C=O) groups excluding carboxylic acids is 1. The van der Waals surface area contributed by atoms with Crippen molar-refractivity contribution in [3.8, 4) is 0 Å². The molecule has 0 radical (unpaired) electrons. The van der Waals surface area contributed by atoms with Gasteiger partial charge in [-0.05, 0) is 55.9 Å². The van der Waals surface area contributed by atoms with Gasteiger partial charge in [0, 0.05) is 18.7 Å². The van der Waals surface area contributed by atoms with E-state index in [1.807, 2.05) is 6.92 Å². The normalized spacial score (nSPS) is 18.1. The highest BCUT2D eigenvalue weighted by Crippen LogP contribution is 2.23. The summed E-state index contributed by atoms with van der Waals surface area (Å²) in [5, 5.41) is 9.85. The van der Waals surface area contributed by atoms with Crippen LogP contribution in [0.2, 0.25) is 0 Å². The van der Waals surface area contributed by atoms with E-state index in [0.29, 0.717) is 30.1 Å². The monoisotopic (exact) mass is 279 g/mol. The number of amides is 1. The van der Waals surface area contributed by atoms with E-state index in [2.05, 4.69) is 0 Å². The van der Waals surface area contributed by atoms with Crippen molar-refractivity contribution < 1.29 is 14.3 Å². The second-order valence-electron chi connectivity index (χ2n) is 5.57. The molecule has 0 aromatic heterocycles. The average Bonchev–Trinajstić information content (AvgIpc) is 2.48. The molecule has 1 atom stereocenters. The molecule has 4 heteroatoms. The molecule has 1 fully saturated rings. The molecule has 0 bridgehead atoms. The van der Waals surface area contributed by atoms with Crippen LogP contribution in [0.5, 0.6) is 0 Å². The Labute approximate surface area is 119 Å². The van der Waals surface area contributed by atoms with Gasteiger partial charge in [-0.1, -0.05) is 6.92 Å². The molecule has 110 valence electrons. The van der Waals surface area contributed by atoms with Crippen molar-refractivity contribution in [1.29, 1.82) is 0 Å². The topological polar surface area (TPSA) is 40.5 Å². The fourth-order valence-corrected chi connectivity index (χ4v) is 2.78. The molecule has 1 amide bonds. The van der Waals surface area contributed by atoms with Crippen LogP contribution in [0.25, 0.3) is 0 Å². The van der Waals surface area contributed by atoms with Crippen LogP contribution < -0.4 is 0 Å². The van der Waals surface area contributed by atoms with E-state index in [1.54, 1.807) is 17.9 Å².